The minimum absolute atomic E-state index is 0.144. The molecule has 0 aliphatic carbocycles. The monoisotopic (exact) mass is 206 g/mol. The van der Waals surface area contributed by atoms with Gasteiger partial charge in [0.2, 0.25) is 0 Å². The Morgan fingerprint density at radius 3 is 2.80 bits per heavy atom. The summed E-state index contributed by atoms with van der Waals surface area (Å²) in [4.78, 5) is 10.7. The SMILES string of the molecule is Cc1cnn(C)c1-c1cc(C(=O)O)co1. The molecule has 1 N–H and O–H groups in total. The van der Waals surface area contributed by atoms with E-state index in [-0.39, 0.29) is 5.56 Å². The summed E-state index contributed by atoms with van der Waals surface area (Å²) >= 11 is 0. The van der Waals surface area contributed by atoms with Crippen molar-refractivity contribution >= 4 is 5.97 Å². The van der Waals surface area contributed by atoms with Crippen molar-refractivity contribution in [3.8, 4) is 11.5 Å². The molecule has 0 aromatic carbocycles. The predicted octanol–water partition coefficient (Wildman–Crippen LogP) is 1.69. The molecular weight excluding hydrogens is 196 g/mol. The number of furan rings is 1. The normalized spacial score (nSPS) is 10.5. The van der Waals surface area contributed by atoms with Gasteiger partial charge in [-0.2, -0.15) is 5.10 Å². The van der Waals surface area contributed by atoms with Crippen molar-refractivity contribution in [2.45, 2.75) is 6.92 Å². The van der Waals surface area contributed by atoms with Gasteiger partial charge in [0.15, 0.2) is 5.76 Å². The molecule has 0 aliphatic heterocycles. The van der Waals surface area contributed by atoms with E-state index in [1.165, 1.54) is 12.3 Å². The van der Waals surface area contributed by atoms with Crippen LogP contribution >= 0.6 is 0 Å². The third-order valence-corrected chi connectivity index (χ3v) is 2.20. The van der Waals surface area contributed by atoms with Crippen LogP contribution in [0.25, 0.3) is 11.5 Å². The first-order valence-corrected chi connectivity index (χ1v) is 4.40. The van der Waals surface area contributed by atoms with Crippen LogP contribution in [-0.4, -0.2) is 20.9 Å². The third-order valence-electron chi connectivity index (χ3n) is 2.20. The third kappa shape index (κ3) is 1.52. The van der Waals surface area contributed by atoms with Crippen molar-refractivity contribution in [3.63, 3.8) is 0 Å². The zero-order valence-corrected chi connectivity index (χ0v) is 8.39. The fourth-order valence-corrected chi connectivity index (χ4v) is 1.47. The first kappa shape index (κ1) is 9.51. The lowest BCUT2D eigenvalue weighted by atomic mass is 10.2. The number of hydrogen-bond acceptors (Lipinski definition) is 3. The van der Waals surface area contributed by atoms with Crippen LogP contribution in [0.3, 0.4) is 0 Å². The quantitative estimate of drug-likeness (QED) is 0.811. The molecule has 15 heavy (non-hydrogen) atoms. The molecule has 0 saturated carbocycles. The Labute approximate surface area is 85.9 Å². The van der Waals surface area contributed by atoms with E-state index in [1.54, 1.807) is 17.9 Å². The second-order valence-corrected chi connectivity index (χ2v) is 3.30. The summed E-state index contributed by atoms with van der Waals surface area (Å²) in [5.41, 5.74) is 1.89. The molecule has 0 amide bonds. The first-order chi connectivity index (χ1) is 7.09. The Kier molecular flexibility index (Phi) is 2.07. The van der Waals surface area contributed by atoms with Crippen LogP contribution in [0.15, 0.2) is 22.9 Å². The number of carboxylic acid groups (broad SMARTS) is 1. The minimum atomic E-state index is -0.996. The molecule has 0 radical (unpaired) electrons. The van der Waals surface area contributed by atoms with Gasteiger partial charge in [-0.1, -0.05) is 0 Å². The lowest BCUT2D eigenvalue weighted by Crippen LogP contribution is -1.94. The van der Waals surface area contributed by atoms with Crippen molar-refractivity contribution in [1.29, 1.82) is 0 Å². The van der Waals surface area contributed by atoms with Crippen molar-refractivity contribution in [3.05, 3.63) is 29.7 Å². The molecule has 0 unspecified atom stereocenters. The average Bonchev–Trinajstić information content (AvgIpc) is 2.73. The topological polar surface area (TPSA) is 68.3 Å². The summed E-state index contributed by atoms with van der Waals surface area (Å²) in [7, 11) is 1.78. The summed E-state index contributed by atoms with van der Waals surface area (Å²) in [6, 6.07) is 1.49. The molecule has 0 aliphatic rings. The summed E-state index contributed by atoms with van der Waals surface area (Å²) in [5.74, 6) is -0.477. The Morgan fingerprint density at radius 1 is 1.60 bits per heavy atom. The molecule has 0 saturated heterocycles. The van der Waals surface area contributed by atoms with Crippen LogP contribution in [0.4, 0.5) is 0 Å². The van der Waals surface area contributed by atoms with Gasteiger partial charge in [0.25, 0.3) is 0 Å². The molecule has 78 valence electrons. The molecule has 5 nitrogen and oxygen atoms in total. The van der Waals surface area contributed by atoms with E-state index in [4.69, 9.17) is 9.52 Å². The molecule has 2 aromatic heterocycles. The number of nitrogens with zero attached hydrogens (tertiary/aromatic N) is 2. The van der Waals surface area contributed by atoms with Gasteiger partial charge in [-0.15, -0.1) is 0 Å². The maximum Gasteiger partial charge on any atom is 0.338 e. The Bertz CT molecular complexity index is 491. The standard InChI is InChI=1S/C10H10N2O3/c1-6-4-11-12(2)9(6)8-3-7(5-15-8)10(13)14/h3-5H,1-2H3,(H,13,14). The Morgan fingerprint density at radius 2 is 2.33 bits per heavy atom. The highest BCUT2D eigenvalue weighted by molar-refractivity contribution is 5.88. The highest BCUT2D eigenvalue weighted by Gasteiger charge is 2.14. The second-order valence-electron chi connectivity index (χ2n) is 3.30. The van der Waals surface area contributed by atoms with Gasteiger partial charge < -0.3 is 9.52 Å². The lowest BCUT2D eigenvalue weighted by Gasteiger charge is -1.98. The summed E-state index contributed by atoms with van der Waals surface area (Å²) in [5, 5.41) is 12.8. The summed E-state index contributed by atoms with van der Waals surface area (Å²) in [6.45, 7) is 1.89. The number of rotatable bonds is 2. The molecule has 0 spiro atoms. The highest BCUT2D eigenvalue weighted by Crippen LogP contribution is 2.24. The molecule has 5 heteroatoms. The maximum absolute atomic E-state index is 10.7. The van der Waals surface area contributed by atoms with Crippen molar-refractivity contribution < 1.29 is 14.3 Å². The molecule has 2 aromatic rings. The molecular formula is C10H10N2O3. The number of carboxylic acids is 1. The number of hydrogen-bond donors (Lipinski definition) is 1. The van der Waals surface area contributed by atoms with E-state index in [2.05, 4.69) is 5.10 Å². The van der Waals surface area contributed by atoms with Gasteiger partial charge in [-0.05, 0) is 12.5 Å². The highest BCUT2D eigenvalue weighted by atomic mass is 16.4. The zero-order chi connectivity index (χ0) is 11.0. The van der Waals surface area contributed by atoms with Gasteiger partial charge in [0.1, 0.15) is 12.0 Å². The van der Waals surface area contributed by atoms with E-state index >= 15 is 0 Å². The molecule has 0 fully saturated rings. The molecule has 2 heterocycles. The van der Waals surface area contributed by atoms with Gasteiger partial charge in [-0.25, -0.2) is 4.79 Å². The van der Waals surface area contributed by atoms with E-state index in [9.17, 15) is 4.79 Å². The lowest BCUT2D eigenvalue weighted by molar-refractivity contribution is 0.0696. The van der Waals surface area contributed by atoms with E-state index in [0.717, 1.165) is 11.3 Å². The maximum atomic E-state index is 10.7. The van der Waals surface area contributed by atoms with Gasteiger partial charge in [0.05, 0.1) is 11.8 Å². The van der Waals surface area contributed by atoms with Crippen LogP contribution in [0.1, 0.15) is 15.9 Å². The van der Waals surface area contributed by atoms with Crippen LogP contribution in [0.5, 0.6) is 0 Å². The molecule has 0 bridgehead atoms. The summed E-state index contributed by atoms with van der Waals surface area (Å²) in [6.07, 6.45) is 2.93. The first-order valence-electron chi connectivity index (χ1n) is 4.40. The van der Waals surface area contributed by atoms with E-state index in [1.807, 2.05) is 6.92 Å². The van der Waals surface area contributed by atoms with E-state index < -0.39 is 5.97 Å². The zero-order valence-electron chi connectivity index (χ0n) is 8.39. The minimum Gasteiger partial charge on any atom is -0.478 e. The predicted molar refractivity (Wildman–Crippen MR) is 52.6 cm³/mol. The number of aromatic carboxylic acids is 1. The molecule has 0 atom stereocenters. The van der Waals surface area contributed by atoms with Crippen LogP contribution < -0.4 is 0 Å². The van der Waals surface area contributed by atoms with Crippen LogP contribution in [0.2, 0.25) is 0 Å². The Balaban J connectivity index is 2.50. The largest absolute Gasteiger partial charge is 0.478 e. The summed E-state index contributed by atoms with van der Waals surface area (Å²) < 4.78 is 6.84. The van der Waals surface area contributed by atoms with Gasteiger partial charge in [0, 0.05) is 13.1 Å². The van der Waals surface area contributed by atoms with Gasteiger partial charge >= 0.3 is 5.97 Å². The molecule has 2 rings (SSSR count). The number of carbonyl (C=O) groups is 1. The number of aromatic nitrogens is 2. The fourth-order valence-electron chi connectivity index (χ4n) is 1.47. The smallest absolute Gasteiger partial charge is 0.338 e. The van der Waals surface area contributed by atoms with E-state index in [0.29, 0.717) is 5.76 Å². The number of aryl methyl sites for hydroxylation is 2. The average molecular weight is 206 g/mol. The van der Waals surface area contributed by atoms with Crippen molar-refractivity contribution in [2.24, 2.45) is 7.05 Å². The van der Waals surface area contributed by atoms with Crippen molar-refractivity contribution in [1.82, 2.24) is 9.78 Å². The van der Waals surface area contributed by atoms with Crippen LogP contribution in [0, 0.1) is 6.92 Å². The second kappa shape index (κ2) is 3.27. The van der Waals surface area contributed by atoms with Gasteiger partial charge in [-0.3, -0.25) is 4.68 Å². The van der Waals surface area contributed by atoms with Crippen molar-refractivity contribution in [2.75, 3.05) is 0 Å². The van der Waals surface area contributed by atoms with Crippen LogP contribution in [-0.2, 0) is 7.05 Å². The fraction of sp³-hybridized carbons (Fsp3) is 0.200. The Hall–Kier alpha value is -2.04.